The molecule has 1 heterocycles. The van der Waals surface area contributed by atoms with E-state index in [0.29, 0.717) is 13.2 Å². The molecule has 1 saturated heterocycles. The first-order chi connectivity index (χ1) is 8.57. The van der Waals surface area contributed by atoms with Crippen LogP contribution in [-0.4, -0.2) is 49.1 Å². The lowest BCUT2D eigenvalue weighted by atomic mass is 9.99. The standard InChI is InChI=1S/C13H24N2O3/c1-4-7-18-8-5-6-15-11(16)9-14-13(17)12(15)10(2)3/h10,12H,4-9H2,1-3H3,(H,14,17). The molecule has 0 spiro atoms. The van der Waals surface area contributed by atoms with E-state index in [4.69, 9.17) is 4.74 Å². The Bertz CT molecular complexity index is 292. The van der Waals surface area contributed by atoms with Crippen LogP contribution in [-0.2, 0) is 14.3 Å². The van der Waals surface area contributed by atoms with Crippen LogP contribution in [0.5, 0.6) is 0 Å². The summed E-state index contributed by atoms with van der Waals surface area (Å²) in [5.74, 6) is 0.0914. The molecular formula is C13H24N2O3. The van der Waals surface area contributed by atoms with Crippen LogP contribution in [0, 0.1) is 5.92 Å². The highest BCUT2D eigenvalue weighted by Crippen LogP contribution is 2.15. The Kier molecular flexibility index (Phi) is 6.12. The molecule has 1 unspecified atom stereocenters. The molecule has 0 bridgehead atoms. The summed E-state index contributed by atoms with van der Waals surface area (Å²) in [6, 6.07) is -0.336. The quantitative estimate of drug-likeness (QED) is 0.685. The molecule has 1 rings (SSSR count). The summed E-state index contributed by atoms with van der Waals surface area (Å²) in [5.41, 5.74) is 0. The van der Waals surface area contributed by atoms with Crippen molar-refractivity contribution in [1.29, 1.82) is 0 Å². The van der Waals surface area contributed by atoms with Gasteiger partial charge in [0.1, 0.15) is 6.04 Å². The van der Waals surface area contributed by atoms with E-state index in [1.807, 2.05) is 13.8 Å². The molecule has 18 heavy (non-hydrogen) atoms. The Morgan fingerprint density at radius 3 is 2.72 bits per heavy atom. The van der Waals surface area contributed by atoms with Gasteiger partial charge in [-0.3, -0.25) is 9.59 Å². The van der Waals surface area contributed by atoms with Gasteiger partial charge in [-0.25, -0.2) is 0 Å². The molecule has 1 aliphatic heterocycles. The normalized spacial score (nSPS) is 20.4. The average molecular weight is 256 g/mol. The lowest BCUT2D eigenvalue weighted by Gasteiger charge is -2.37. The van der Waals surface area contributed by atoms with Crippen molar-refractivity contribution in [1.82, 2.24) is 10.2 Å². The molecule has 1 fully saturated rings. The maximum absolute atomic E-state index is 11.8. The second kappa shape index (κ2) is 7.36. The predicted octanol–water partition coefficient (Wildman–Crippen LogP) is 0.786. The van der Waals surface area contributed by atoms with E-state index in [9.17, 15) is 9.59 Å². The number of nitrogens with zero attached hydrogens (tertiary/aromatic N) is 1. The van der Waals surface area contributed by atoms with Crippen molar-refractivity contribution in [3.05, 3.63) is 0 Å². The second-order valence-corrected chi connectivity index (χ2v) is 4.96. The van der Waals surface area contributed by atoms with Crippen LogP contribution in [0.1, 0.15) is 33.6 Å². The first-order valence-electron chi connectivity index (χ1n) is 6.72. The molecule has 2 amide bonds. The fourth-order valence-corrected chi connectivity index (χ4v) is 2.18. The zero-order valence-electron chi connectivity index (χ0n) is 11.6. The Morgan fingerprint density at radius 2 is 2.11 bits per heavy atom. The van der Waals surface area contributed by atoms with E-state index in [1.165, 1.54) is 0 Å². The summed E-state index contributed by atoms with van der Waals surface area (Å²) in [4.78, 5) is 25.3. The molecule has 1 aliphatic rings. The van der Waals surface area contributed by atoms with Crippen LogP contribution in [0.4, 0.5) is 0 Å². The van der Waals surface area contributed by atoms with E-state index in [1.54, 1.807) is 4.90 Å². The highest BCUT2D eigenvalue weighted by molar-refractivity contribution is 5.94. The summed E-state index contributed by atoms with van der Waals surface area (Å²) in [7, 11) is 0. The van der Waals surface area contributed by atoms with Crippen LogP contribution < -0.4 is 5.32 Å². The molecule has 0 aromatic rings. The summed E-state index contributed by atoms with van der Waals surface area (Å²) in [6.07, 6.45) is 1.78. The maximum atomic E-state index is 11.8. The van der Waals surface area contributed by atoms with Crippen molar-refractivity contribution < 1.29 is 14.3 Å². The van der Waals surface area contributed by atoms with Crippen molar-refractivity contribution in [3.63, 3.8) is 0 Å². The molecule has 1 N–H and O–H groups in total. The summed E-state index contributed by atoms with van der Waals surface area (Å²) >= 11 is 0. The minimum absolute atomic E-state index is 0.00351. The maximum Gasteiger partial charge on any atom is 0.243 e. The van der Waals surface area contributed by atoms with Crippen LogP contribution in [0.15, 0.2) is 0 Å². The van der Waals surface area contributed by atoms with Crippen molar-refractivity contribution in [2.75, 3.05) is 26.3 Å². The zero-order valence-corrected chi connectivity index (χ0v) is 11.6. The van der Waals surface area contributed by atoms with Gasteiger partial charge in [-0.15, -0.1) is 0 Å². The molecule has 5 nitrogen and oxygen atoms in total. The molecular weight excluding hydrogens is 232 g/mol. The van der Waals surface area contributed by atoms with Crippen molar-refractivity contribution in [2.45, 2.75) is 39.7 Å². The van der Waals surface area contributed by atoms with E-state index in [0.717, 1.165) is 19.4 Å². The molecule has 0 aromatic carbocycles. The van der Waals surface area contributed by atoms with Gasteiger partial charge >= 0.3 is 0 Å². The number of hydrogen-bond acceptors (Lipinski definition) is 3. The van der Waals surface area contributed by atoms with Gasteiger partial charge < -0.3 is 15.0 Å². The molecule has 104 valence electrons. The average Bonchev–Trinajstić information content (AvgIpc) is 2.32. The highest BCUT2D eigenvalue weighted by atomic mass is 16.5. The SMILES string of the molecule is CCCOCCCN1C(=O)CNC(=O)C1C(C)C. The fraction of sp³-hybridized carbons (Fsp3) is 0.846. The molecule has 0 saturated carbocycles. The number of piperazine rings is 1. The third-order valence-corrected chi connectivity index (χ3v) is 3.01. The van der Waals surface area contributed by atoms with Crippen LogP contribution in [0.25, 0.3) is 0 Å². The van der Waals surface area contributed by atoms with Gasteiger partial charge in [-0.2, -0.15) is 0 Å². The van der Waals surface area contributed by atoms with E-state index in [-0.39, 0.29) is 30.3 Å². The van der Waals surface area contributed by atoms with E-state index >= 15 is 0 Å². The van der Waals surface area contributed by atoms with Crippen molar-refractivity contribution in [2.24, 2.45) is 5.92 Å². The molecule has 0 aliphatic carbocycles. The summed E-state index contributed by atoms with van der Waals surface area (Å²) in [5, 5.41) is 2.64. The number of ether oxygens (including phenoxy) is 1. The fourth-order valence-electron chi connectivity index (χ4n) is 2.18. The number of carbonyl (C=O) groups excluding carboxylic acids is 2. The topological polar surface area (TPSA) is 58.6 Å². The molecule has 0 radical (unpaired) electrons. The Hall–Kier alpha value is -1.10. The number of nitrogens with one attached hydrogen (secondary N) is 1. The minimum Gasteiger partial charge on any atom is -0.381 e. The predicted molar refractivity (Wildman–Crippen MR) is 69.1 cm³/mol. The first-order valence-corrected chi connectivity index (χ1v) is 6.72. The molecule has 5 heteroatoms. The van der Waals surface area contributed by atoms with Gasteiger partial charge in [0, 0.05) is 19.8 Å². The van der Waals surface area contributed by atoms with Crippen LogP contribution in [0.2, 0.25) is 0 Å². The van der Waals surface area contributed by atoms with Gasteiger partial charge in [-0.1, -0.05) is 20.8 Å². The Balaban J connectivity index is 2.47. The third kappa shape index (κ3) is 3.98. The Labute approximate surface area is 109 Å². The number of amides is 2. The first kappa shape index (κ1) is 15.0. The lowest BCUT2D eigenvalue weighted by Crippen LogP contribution is -2.60. The second-order valence-electron chi connectivity index (χ2n) is 4.96. The molecule has 0 aromatic heterocycles. The summed E-state index contributed by atoms with van der Waals surface area (Å²) in [6.45, 7) is 8.10. The van der Waals surface area contributed by atoms with Crippen LogP contribution >= 0.6 is 0 Å². The van der Waals surface area contributed by atoms with Gasteiger partial charge in [-0.05, 0) is 18.8 Å². The van der Waals surface area contributed by atoms with Crippen molar-refractivity contribution >= 4 is 11.8 Å². The van der Waals surface area contributed by atoms with Gasteiger partial charge in [0.25, 0.3) is 0 Å². The van der Waals surface area contributed by atoms with Gasteiger partial charge in [0.2, 0.25) is 11.8 Å². The number of hydrogen-bond donors (Lipinski definition) is 1. The highest BCUT2D eigenvalue weighted by Gasteiger charge is 2.35. The third-order valence-electron chi connectivity index (χ3n) is 3.01. The smallest absolute Gasteiger partial charge is 0.243 e. The van der Waals surface area contributed by atoms with Gasteiger partial charge in [0.15, 0.2) is 0 Å². The minimum atomic E-state index is -0.336. The summed E-state index contributed by atoms with van der Waals surface area (Å²) < 4.78 is 5.39. The van der Waals surface area contributed by atoms with Crippen LogP contribution in [0.3, 0.4) is 0 Å². The van der Waals surface area contributed by atoms with Gasteiger partial charge in [0.05, 0.1) is 6.54 Å². The Morgan fingerprint density at radius 1 is 1.39 bits per heavy atom. The number of carbonyl (C=O) groups is 2. The lowest BCUT2D eigenvalue weighted by molar-refractivity contribution is -0.147. The number of rotatable bonds is 7. The van der Waals surface area contributed by atoms with E-state index in [2.05, 4.69) is 12.2 Å². The monoisotopic (exact) mass is 256 g/mol. The van der Waals surface area contributed by atoms with E-state index < -0.39 is 0 Å². The molecule has 1 atom stereocenters. The van der Waals surface area contributed by atoms with Crippen molar-refractivity contribution in [3.8, 4) is 0 Å². The zero-order chi connectivity index (χ0) is 13.5. The largest absolute Gasteiger partial charge is 0.381 e.